The number of phenols is 2. The van der Waals surface area contributed by atoms with E-state index in [1.807, 2.05) is 13.0 Å². The molecule has 0 saturated heterocycles. The van der Waals surface area contributed by atoms with E-state index in [9.17, 15) is 19.8 Å². The second-order valence-electron chi connectivity index (χ2n) is 5.54. The molecule has 0 saturated carbocycles. The van der Waals surface area contributed by atoms with Crippen molar-refractivity contribution in [2.75, 3.05) is 5.32 Å². The van der Waals surface area contributed by atoms with Gasteiger partial charge in [-0.3, -0.25) is 9.59 Å². The largest absolute Gasteiger partial charge is 0.504 e. The highest BCUT2D eigenvalue weighted by Crippen LogP contribution is 2.27. The molecule has 23 heavy (non-hydrogen) atoms. The highest BCUT2D eigenvalue weighted by molar-refractivity contribution is 6.10. The molecule has 2 amide bonds. The monoisotopic (exact) mass is 312 g/mol. The van der Waals surface area contributed by atoms with Crippen LogP contribution in [-0.4, -0.2) is 28.1 Å². The number of nitrogens with one attached hydrogen (secondary N) is 2. The quantitative estimate of drug-likeness (QED) is 0.634. The predicted octanol–water partition coefficient (Wildman–Crippen LogP) is 1.70. The van der Waals surface area contributed by atoms with E-state index in [1.165, 1.54) is 12.1 Å². The van der Waals surface area contributed by atoms with Gasteiger partial charge in [0.1, 0.15) is 6.04 Å². The van der Waals surface area contributed by atoms with E-state index in [-0.39, 0.29) is 29.7 Å². The van der Waals surface area contributed by atoms with Crippen LogP contribution < -0.4 is 10.6 Å². The molecule has 0 spiro atoms. The number of aromatic hydroxyl groups is 2. The van der Waals surface area contributed by atoms with E-state index < -0.39 is 6.04 Å². The maximum Gasteiger partial charge on any atom is 0.254 e. The van der Waals surface area contributed by atoms with Crippen LogP contribution in [0.1, 0.15) is 21.5 Å². The Morgan fingerprint density at radius 1 is 1.09 bits per heavy atom. The number of aryl methyl sites for hydroxylation is 1. The Hall–Kier alpha value is -3.02. The first-order valence-electron chi connectivity index (χ1n) is 7.18. The summed E-state index contributed by atoms with van der Waals surface area (Å²) in [5.41, 5.74) is 2.35. The second kappa shape index (κ2) is 5.64. The number of anilines is 1. The van der Waals surface area contributed by atoms with Crippen LogP contribution in [0, 0.1) is 6.92 Å². The Morgan fingerprint density at radius 3 is 2.61 bits per heavy atom. The highest BCUT2D eigenvalue weighted by atomic mass is 16.3. The van der Waals surface area contributed by atoms with Crippen LogP contribution >= 0.6 is 0 Å². The van der Waals surface area contributed by atoms with Crippen LogP contribution in [0.2, 0.25) is 0 Å². The van der Waals surface area contributed by atoms with Gasteiger partial charge in [-0.1, -0.05) is 18.2 Å². The smallest absolute Gasteiger partial charge is 0.254 e. The van der Waals surface area contributed by atoms with Crippen LogP contribution in [0.4, 0.5) is 5.69 Å². The lowest BCUT2D eigenvalue weighted by Crippen LogP contribution is -2.42. The third-order valence-corrected chi connectivity index (χ3v) is 3.86. The first kappa shape index (κ1) is 14.9. The van der Waals surface area contributed by atoms with Gasteiger partial charge in [-0.25, -0.2) is 0 Å². The molecule has 0 aromatic heterocycles. The Morgan fingerprint density at radius 2 is 1.87 bits per heavy atom. The molecule has 2 aromatic rings. The van der Waals surface area contributed by atoms with Crippen molar-refractivity contribution in [2.45, 2.75) is 19.4 Å². The van der Waals surface area contributed by atoms with Crippen molar-refractivity contribution in [2.24, 2.45) is 0 Å². The van der Waals surface area contributed by atoms with E-state index in [2.05, 4.69) is 10.6 Å². The second-order valence-corrected chi connectivity index (χ2v) is 5.54. The third kappa shape index (κ3) is 2.83. The number of carbonyl (C=O) groups excluding carboxylic acids is 2. The number of fused-ring (bicyclic) bond motifs is 1. The van der Waals surface area contributed by atoms with Crippen LogP contribution in [0.3, 0.4) is 0 Å². The zero-order valence-corrected chi connectivity index (χ0v) is 12.5. The molecular formula is C17H16N2O4. The molecular weight excluding hydrogens is 296 g/mol. The molecule has 0 radical (unpaired) electrons. The molecule has 0 fully saturated rings. The lowest BCUT2D eigenvalue weighted by atomic mass is 10.0. The molecule has 2 aromatic carbocycles. The third-order valence-electron chi connectivity index (χ3n) is 3.86. The summed E-state index contributed by atoms with van der Waals surface area (Å²) >= 11 is 0. The van der Waals surface area contributed by atoms with E-state index >= 15 is 0 Å². The standard InChI is InChI=1S/C17H16N2O4/c1-9-3-2-4-11-15(9)17(23)19-12(16(22)18-11)7-10-5-6-13(20)14(21)8-10/h2-6,8,12,20-21H,7H2,1H3,(H,18,22)(H,19,23)/t12-/m0/s1. The summed E-state index contributed by atoms with van der Waals surface area (Å²) in [6.07, 6.45) is 0.207. The number of benzene rings is 2. The van der Waals surface area contributed by atoms with Gasteiger partial charge >= 0.3 is 0 Å². The molecule has 1 aliphatic rings. The van der Waals surface area contributed by atoms with Crippen LogP contribution in [0.15, 0.2) is 36.4 Å². The maximum absolute atomic E-state index is 12.4. The van der Waals surface area contributed by atoms with Gasteiger partial charge in [0.25, 0.3) is 5.91 Å². The Kier molecular flexibility index (Phi) is 3.65. The normalized spacial score (nSPS) is 17.0. The predicted molar refractivity (Wildman–Crippen MR) is 84.5 cm³/mol. The van der Waals surface area contributed by atoms with Gasteiger partial charge in [-0.15, -0.1) is 0 Å². The average Bonchev–Trinajstić information content (AvgIpc) is 2.61. The summed E-state index contributed by atoms with van der Waals surface area (Å²) in [4.78, 5) is 24.8. The summed E-state index contributed by atoms with van der Waals surface area (Å²) in [7, 11) is 0. The van der Waals surface area contributed by atoms with Crippen molar-refractivity contribution in [3.05, 3.63) is 53.1 Å². The van der Waals surface area contributed by atoms with Crippen LogP contribution in [0.5, 0.6) is 11.5 Å². The van der Waals surface area contributed by atoms with Crippen molar-refractivity contribution >= 4 is 17.5 Å². The number of phenolic OH excluding ortho intramolecular Hbond substituents is 2. The van der Waals surface area contributed by atoms with Crippen molar-refractivity contribution in [3.8, 4) is 11.5 Å². The first-order chi connectivity index (χ1) is 11.0. The lowest BCUT2D eigenvalue weighted by Gasteiger charge is -2.15. The van der Waals surface area contributed by atoms with Crippen LogP contribution in [-0.2, 0) is 11.2 Å². The van der Waals surface area contributed by atoms with Gasteiger partial charge in [0, 0.05) is 6.42 Å². The molecule has 1 heterocycles. The van der Waals surface area contributed by atoms with E-state index in [4.69, 9.17) is 0 Å². The Bertz CT molecular complexity index is 801. The zero-order valence-electron chi connectivity index (χ0n) is 12.5. The van der Waals surface area contributed by atoms with Crippen LogP contribution in [0.25, 0.3) is 0 Å². The minimum Gasteiger partial charge on any atom is -0.504 e. The summed E-state index contributed by atoms with van der Waals surface area (Å²) in [5, 5.41) is 24.4. The number of rotatable bonds is 2. The fourth-order valence-corrected chi connectivity index (χ4v) is 2.66. The van der Waals surface area contributed by atoms with Gasteiger partial charge in [0.15, 0.2) is 11.5 Å². The van der Waals surface area contributed by atoms with E-state index in [0.29, 0.717) is 16.8 Å². The summed E-state index contributed by atoms with van der Waals surface area (Å²) in [5.74, 6) is -1.13. The topological polar surface area (TPSA) is 98.7 Å². The zero-order chi connectivity index (χ0) is 16.6. The van der Waals surface area contributed by atoms with Crippen molar-refractivity contribution < 1.29 is 19.8 Å². The average molecular weight is 312 g/mol. The Balaban J connectivity index is 1.88. The van der Waals surface area contributed by atoms with E-state index in [0.717, 1.165) is 5.56 Å². The minimum atomic E-state index is -0.766. The van der Waals surface area contributed by atoms with Crippen molar-refractivity contribution in [1.29, 1.82) is 0 Å². The van der Waals surface area contributed by atoms with Crippen molar-refractivity contribution in [1.82, 2.24) is 5.32 Å². The Labute approximate surface area is 132 Å². The number of hydrogen-bond donors (Lipinski definition) is 4. The summed E-state index contributed by atoms with van der Waals surface area (Å²) in [6, 6.07) is 8.83. The van der Waals surface area contributed by atoms with Crippen molar-refractivity contribution in [3.63, 3.8) is 0 Å². The molecule has 4 N–H and O–H groups in total. The minimum absolute atomic E-state index is 0.207. The number of amides is 2. The number of carbonyl (C=O) groups is 2. The summed E-state index contributed by atoms with van der Waals surface area (Å²) in [6.45, 7) is 1.81. The fourth-order valence-electron chi connectivity index (χ4n) is 2.66. The molecule has 0 bridgehead atoms. The van der Waals surface area contributed by atoms with Gasteiger partial charge in [-0.2, -0.15) is 0 Å². The molecule has 1 aliphatic heterocycles. The molecule has 6 nitrogen and oxygen atoms in total. The van der Waals surface area contributed by atoms with E-state index in [1.54, 1.807) is 18.2 Å². The molecule has 118 valence electrons. The highest BCUT2D eigenvalue weighted by Gasteiger charge is 2.28. The first-order valence-corrected chi connectivity index (χ1v) is 7.18. The molecule has 3 rings (SSSR count). The van der Waals surface area contributed by atoms with Gasteiger partial charge < -0.3 is 20.8 Å². The van der Waals surface area contributed by atoms with Gasteiger partial charge in [-0.05, 0) is 36.2 Å². The fraction of sp³-hybridized carbons (Fsp3) is 0.176. The SMILES string of the molecule is Cc1cccc2c1C(=O)N[C@@H](Cc1ccc(O)c(O)c1)C(=O)N2. The lowest BCUT2D eigenvalue weighted by molar-refractivity contribution is -0.117. The van der Waals surface area contributed by atoms with Gasteiger partial charge in [0.05, 0.1) is 11.3 Å². The molecule has 0 aliphatic carbocycles. The maximum atomic E-state index is 12.4. The summed E-state index contributed by atoms with van der Waals surface area (Å²) < 4.78 is 0. The number of hydrogen-bond acceptors (Lipinski definition) is 4. The molecule has 0 unspecified atom stereocenters. The molecule has 1 atom stereocenters. The molecule has 6 heteroatoms. The van der Waals surface area contributed by atoms with Gasteiger partial charge in [0.2, 0.25) is 5.91 Å².